The molecule has 8 aromatic carbocycles. The van der Waals surface area contributed by atoms with Crippen LogP contribution in [0.1, 0.15) is 65.5 Å². The molecule has 0 fully saturated rings. The number of allylic oxidation sites excluding steroid dienone is 4. The lowest BCUT2D eigenvalue weighted by Crippen LogP contribution is -2.20. The summed E-state index contributed by atoms with van der Waals surface area (Å²) in [5.74, 6) is 0. The van der Waals surface area contributed by atoms with Crippen LogP contribution < -0.4 is 9.80 Å². The number of nitrogens with zero attached hydrogens (tertiary/aromatic N) is 2. The second-order valence-electron chi connectivity index (χ2n) is 18.2. The Morgan fingerprint density at radius 1 is 0.367 bits per heavy atom. The van der Waals surface area contributed by atoms with Crippen LogP contribution in [0.15, 0.2) is 200 Å². The average Bonchev–Trinajstić information content (AvgIpc) is 3.26. The van der Waals surface area contributed by atoms with Crippen LogP contribution in [0.5, 0.6) is 0 Å². The highest BCUT2D eigenvalue weighted by Gasteiger charge is 2.29. The van der Waals surface area contributed by atoms with Gasteiger partial charge in [0.15, 0.2) is 0 Å². The van der Waals surface area contributed by atoms with Crippen molar-refractivity contribution in [2.45, 2.75) is 65.2 Å². The number of hydrogen-bond donors (Lipinski definition) is 0. The zero-order valence-corrected chi connectivity index (χ0v) is 35.8. The number of hydrogen-bond acceptors (Lipinski definition) is 2. The molecule has 0 aliphatic heterocycles. The van der Waals surface area contributed by atoms with Gasteiger partial charge in [-0.25, -0.2) is 0 Å². The first-order chi connectivity index (χ1) is 29.0. The molecule has 0 N–H and O–H groups in total. The Balaban J connectivity index is 1.23. The molecule has 1 aliphatic carbocycles. The standard InChI is InChI=1S/C58H54N2/c1-57(2,3)55-51-37-35-50(60(46-25-17-10-18-26-46)48-33-29-44(30-34-48)42-21-13-8-14-22-42)40-54(51)56(58(4,5)6)52-38-36-49(39-53(52)55)59(45-23-15-9-16-24-45)47-31-27-43(28-32-47)41-19-11-7-12-20-41/h7-17,19-25,27-40H,18,26H2,1-6H3. The van der Waals surface area contributed by atoms with Gasteiger partial charge in [-0.05, 0) is 145 Å². The smallest absolute Gasteiger partial charge is 0.0468 e. The molecule has 0 heterocycles. The molecular formula is C58H54N2. The van der Waals surface area contributed by atoms with Crippen LogP contribution in [0, 0.1) is 0 Å². The van der Waals surface area contributed by atoms with Crippen molar-refractivity contribution in [1.29, 1.82) is 0 Å². The van der Waals surface area contributed by atoms with Crippen LogP contribution in [-0.4, -0.2) is 0 Å². The summed E-state index contributed by atoms with van der Waals surface area (Å²) in [5.41, 5.74) is 14.4. The number of rotatable bonds is 8. The van der Waals surface area contributed by atoms with E-state index in [9.17, 15) is 0 Å². The predicted octanol–water partition coefficient (Wildman–Crippen LogP) is 16.8. The van der Waals surface area contributed by atoms with Crippen LogP contribution in [0.4, 0.5) is 28.4 Å². The van der Waals surface area contributed by atoms with E-state index in [4.69, 9.17) is 0 Å². The average molecular weight is 779 g/mol. The van der Waals surface area contributed by atoms with Gasteiger partial charge in [-0.1, -0.05) is 169 Å². The van der Waals surface area contributed by atoms with Crippen LogP contribution in [-0.2, 0) is 10.8 Å². The Bertz CT molecular complexity index is 2840. The van der Waals surface area contributed by atoms with Gasteiger partial charge in [0.2, 0.25) is 0 Å². The number of para-hydroxylation sites is 1. The van der Waals surface area contributed by atoms with E-state index in [0.717, 1.165) is 29.9 Å². The fourth-order valence-corrected chi connectivity index (χ4v) is 9.25. The maximum Gasteiger partial charge on any atom is 0.0468 e. The summed E-state index contributed by atoms with van der Waals surface area (Å²) >= 11 is 0. The molecule has 60 heavy (non-hydrogen) atoms. The third kappa shape index (κ3) is 7.55. The van der Waals surface area contributed by atoms with Crippen LogP contribution in [0.25, 0.3) is 43.8 Å². The molecular weight excluding hydrogens is 725 g/mol. The van der Waals surface area contributed by atoms with Crippen molar-refractivity contribution in [3.63, 3.8) is 0 Å². The molecule has 0 aromatic heterocycles. The quantitative estimate of drug-likeness (QED) is 0.142. The predicted molar refractivity (Wildman–Crippen MR) is 259 cm³/mol. The van der Waals surface area contributed by atoms with Gasteiger partial charge in [-0.2, -0.15) is 0 Å². The van der Waals surface area contributed by atoms with E-state index >= 15 is 0 Å². The van der Waals surface area contributed by atoms with Gasteiger partial charge < -0.3 is 9.80 Å². The van der Waals surface area contributed by atoms with Gasteiger partial charge in [0.25, 0.3) is 0 Å². The summed E-state index contributed by atoms with van der Waals surface area (Å²) in [4.78, 5) is 4.88. The van der Waals surface area contributed by atoms with E-state index in [0.29, 0.717) is 0 Å². The molecule has 0 atom stereocenters. The summed E-state index contributed by atoms with van der Waals surface area (Å²) in [7, 11) is 0. The minimum atomic E-state index is -0.133. The Morgan fingerprint density at radius 3 is 1.18 bits per heavy atom. The number of anilines is 5. The molecule has 8 aromatic rings. The first kappa shape index (κ1) is 38.9. The SMILES string of the molecule is CC(C)(C)c1c2ccc(N(c3ccccc3)c3ccc(-c4ccccc4)cc3)cc2c(C(C)(C)C)c2ccc(N(C3=CC=CCC3)c3ccc(-c4ccccc4)cc3)cc12. The summed E-state index contributed by atoms with van der Waals surface area (Å²) in [6, 6.07) is 64.6. The van der Waals surface area contributed by atoms with Crippen molar-refractivity contribution < 1.29 is 0 Å². The van der Waals surface area contributed by atoms with Crippen molar-refractivity contribution in [2.24, 2.45) is 0 Å². The van der Waals surface area contributed by atoms with E-state index < -0.39 is 0 Å². The molecule has 2 heteroatoms. The van der Waals surface area contributed by atoms with Gasteiger partial charge in [0, 0.05) is 34.1 Å². The highest BCUT2D eigenvalue weighted by molar-refractivity contribution is 6.09. The minimum Gasteiger partial charge on any atom is -0.314 e. The van der Waals surface area contributed by atoms with Crippen LogP contribution in [0.2, 0.25) is 0 Å². The van der Waals surface area contributed by atoms with Gasteiger partial charge in [0.05, 0.1) is 0 Å². The van der Waals surface area contributed by atoms with Gasteiger partial charge in [0.1, 0.15) is 0 Å². The second-order valence-corrected chi connectivity index (χ2v) is 18.2. The van der Waals surface area contributed by atoms with E-state index in [1.165, 1.54) is 72.0 Å². The largest absolute Gasteiger partial charge is 0.314 e. The Labute approximate surface area is 356 Å². The minimum absolute atomic E-state index is 0.131. The van der Waals surface area contributed by atoms with E-state index in [2.05, 4.69) is 245 Å². The normalized spacial score (nSPS) is 13.1. The molecule has 9 rings (SSSR count). The van der Waals surface area contributed by atoms with Crippen LogP contribution >= 0.6 is 0 Å². The molecule has 296 valence electrons. The molecule has 0 spiro atoms. The van der Waals surface area contributed by atoms with Crippen molar-refractivity contribution in [3.05, 3.63) is 211 Å². The maximum atomic E-state index is 2.48. The summed E-state index contributed by atoms with van der Waals surface area (Å²) < 4.78 is 0. The fraction of sp³-hybridized carbons (Fsp3) is 0.172. The first-order valence-corrected chi connectivity index (χ1v) is 21.4. The van der Waals surface area contributed by atoms with Crippen LogP contribution in [0.3, 0.4) is 0 Å². The fourth-order valence-electron chi connectivity index (χ4n) is 9.25. The lowest BCUT2D eigenvalue weighted by Gasteiger charge is -2.33. The molecule has 0 bridgehead atoms. The highest BCUT2D eigenvalue weighted by atomic mass is 15.2. The summed E-state index contributed by atoms with van der Waals surface area (Å²) in [6.45, 7) is 14.2. The second kappa shape index (κ2) is 15.8. The Morgan fingerprint density at radius 2 is 0.750 bits per heavy atom. The molecule has 0 radical (unpaired) electrons. The van der Waals surface area contributed by atoms with Crippen molar-refractivity contribution in [2.75, 3.05) is 9.80 Å². The topological polar surface area (TPSA) is 6.48 Å². The monoisotopic (exact) mass is 778 g/mol. The van der Waals surface area contributed by atoms with Crippen molar-refractivity contribution in [1.82, 2.24) is 0 Å². The van der Waals surface area contributed by atoms with Gasteiger partial charge in [-0.15, -0.1) is 0 Å². The zero-order valence-electron chi connectivity index (χ0n) is 35.8. The molecule has 0 amide bonds. The lowest BCUT2D eigenvalue weighted by molar-refractivity contribution is 0.593. The summed E-state index contributed by atoms with van der Waals surface area (Å²) in [6.07, 6.45) is 8.79. The molecule has 1 aliphatic rings. The zero-order chi connectivity index (χ0) is 41.4. The molecule has 0 unspecified atom stereocenters. The molecule has 0 saturated heterocycles. The highest BCUT2D eigenvalue weighted by Crippen LogP contribution is 2.48. The van der Waals surface area contributed by atoms with E-state index in [-0.39, 0.29) is 10.8 Å². The number of fused-ring (bicyclic) bond motifs is 2. The van der Waals surface area contributed by atoms with Gasteiger partial charge >= 0.3 is 0 Å². The van der Waals surface area contributed by atoms with Crippen molar-refractivity contribution in [3.8, 4) is 22.3 Å². The first-order valence-electron chi connectivity index (χ1n) is 21.4. The van der Waals surface area contributed by atoms with E-state index in [1.54, 1.807) is 0 Å². The molecule has 0 saturated carbocycles. The Kier molecular flexibility index (Phi) is 10.3. The van der Waals surface area contributed by atoms with E-state index in [1.807, 2.05) is 0 Å². The maximum absolute atomic E-state index is 2.48. The third-order valence-corrected chi connectivity index (χ3v) is 11.9. The lowest BCUT2D eigenvalue weighted by atomic mass is 9.74. The third-order valence-electron chi connectivity index (χ3n) is 11.9. The molecule has 2 nitrogen and oxygen atoms in total. The van der Waals surface area contributed by atoms with Crippen molar-refractivity contribution >= 4 is 50.0 Å². The Hall–Kier alpha value is -6.64. The summed E-state index contributed by atoms with van der Waals surface area (Å²) in [5, 5.41) is 5.25. The van der Waals surface area contributed by atoms with Gasteiger partial charge in [-0.3, -0.25) is 0 Å². The number of benzene rings is 8.